The first-order chi connectivity index (χ1) is 11.8. The topological polar surface area (TPSA) is 75.0 Å². The standard InChI is InChI=1S/C17H11F3N2O3/c18-17(19,20)25-15-4-2-1-3-10(15)6-8-14(23)11-5-7-12-13(9-11)22-16(24)21-12/h1-9H,(H2,21,22,24). The molecule has 0 fully saturated rings. The summed E-state index contributed by atoms with van der Waals surface area (Å²) in [6.45, 7) is 0. The number of carbonyl (C=O) groups is 1. The van der Waals surface area contributed by atoms with E-state index in [1.807, 2.05) is 0 Å². The molecule has 0 aliphatic rings. The van der Waals surface area contributed by atoms with Crippen LogP contribution in [0.5, 0.6) is 5.75 Å². The normalized spacial score (nSPS) is 12.0. The SMILES string of the molecule is O=C(C=Cc1ccccc1OC(F)(F)F)c1ccc2[nH]c(=O)[nH]c2c1. The predicted molar refractivity (Wildman–Crippen MR) is 85.4 cm³/mol. The lowest BCUT2D eigenvalue weighted by molar-refractivity contribution is -0.274. The van der Waals surface area contributed by atoms with Crippen molar-refractivity contribution in [3.63, 3.8) is 0 Å². The van der Waals surface area contributed by atoms with Gasteiger partial charge in [0.2, 0.25) is 0 Å². The minimum absolute atomic E-state index is 0.115. The summed E-state index contributed by atoms with van der Waals surface area (Å²) >= 11 is 0. The summed E-state index contributed by atoms with van der Waals surface area (Å²) < 4.78 is 41.1. The van der Waals surface area contributed by atoms with Crippen molar-refractivity contribution in [2.75, 3.05) is 0 Å². The Kier molecular flexibility index (Phi) is 4.18. The number of alkyl halides is 3. The second-order valence-corrected chi connectivity index (χ2v) is 5.12. The zero-order chi connectivity index (χ0) is 18.0. The van der Waals surface area contributed by atoms with E-state index in [-0.39, 0.29) is 11.1 Å². The Hall–Kier alpha value is -3.29. The number of ketones is 1. The lowest BCUT2D eigenvalue weighted by atomic mass is 10.1. The van der Waals surface area contributed by atoms with Gasteiger partial charge in [0.25, 0.3) is 0 Å². The number of halogens is 3. The van der Waals surface area contributed by atoms with Crippen LogP contribution in [0.25, 0.3) is 17.1 Å². The summed E-state index contributed by atoms with van der Waals surface area (Å²) in [6.07, 6.45) is -2.43. The molecule has 2 N–H and O–H groups in total. The molecule has 2 aromatic carbocycles. The van der Waals surface area contributed by atoms with Crippen LogP contribution in [-0.4, -0.2) is 22.1 Å². The zero-order valence-corrected chi connectivity index (χ0v) is 12.6. The van der Waals surface area contributed by atoms with Crippen LogP contribution in [0.1, 0.15) is 15.9 Å². The maximum atomic E-state index is 12.4. The van der Waals surface area contributed by atoms with Gasteiger partial charge < -0.3 is 14.7 Å². The molecule has 1 heterocycles. The Labute approximate surface area is 138 Å². The van der Waals surface area contributed by atoms with Crippen molar-refractivity contribution in [2.45, 2.75) is 6.36 Å². The molecule has 3 aromatic rings. The van der Waals surface area contributed by atoms with E-state index in [9.17, 15) is 22.8 Å². The molecule has 0 bridgehead atoms. The van der Waals surface area contributed by atoms with Gasteiger partial charge in [0.05, 0.1) is 11.0 Å². The first-order valence-electron chi connectivity index (χ1n) is 7.11. The highest BCUT2D eigenvalue weighted by Gasteiger charge is 2.31. The first kappa shape index (κ1) is 16.6. The molecule has 0 unspecified atom stereocenters. The smallest absolute Gasteiger partial charge is 0.405 e. The number of nitrogens with one attached hydrogen (secondary N) is 2. The van der Waals surface area contributed by atoms with E-state index < -0.39 is 23.6 Å². The molecule has 128 valence electrons. The van der Waals surface area contributed by atoms with Crippen molar-refractivity contribution in [3.05, 3.63) is 70.2 Å². The van der Waals surface area contributed by atoms with E-state index in [0.29, 0.717) is 11.0 Å². The third-order valence-electron chi connectivity index (χ3n) is 3.36. The first-order valence-corrected chi connectivity index (χ1v) is 7.11. The van der Waals surface area contributed by atoms with Crippen LogP contribution in [-0.2, 0) is 0 Å². The van der Waals surface area contributed by atoms with E-state index in [1.165, 1.54) is 36.4 Å². The fraction of sp³-hybridized carbons (Fsp3) is 0.0588. The lowest BCUT2D eigenvalue weighted by Gasteiger charge is -2.10. The third kappa shape index (κ3) is 3.97. The van der Waals surface area contributed by atoms with Crippen LogP contribution in [0.3, 0.4) is 0 Å². The second kappa shape index (κ2) is 6.31. The van der Waals surface area contributed by atoms with E-state index in [2.05, 4.69) is 14.7 Å². The average Bonchev–Trinajstić information content (AvgIpc) is 2.91. The van der Waals surface area contributed by atoms with Gasteiger partial charge in [0.1, 0.15) is 5.75 Å². The molecule has 0 aliphatic heterocycles. The van der Waals surface area contributed by atoms with Crippen molar-refractivity contribution in [1.82, 2.24) is 9.97 Å². The molecule has 3 rings (SSSR count). The fourth-order valence-electron chi connectivity index (χ4n) is 2.28. The quantitative estimate of drug-likeness (QED) is 0.558. The molecule has 0 spiro atoms. The third-order valence-corrected chi connectivity index (χ3v) is 3.36. The largest absolute Gasteiger partial charge is 0.573 e. The van der Waals surface area contributed by atoms with Gasteiger partial charge in [-0.3, -0.25) is 4.79 Å². The molecule has 1 aromatic heterocycles. The van der Waals surface area contributed by atoms with Gasteiger partial charge in [-0.25, -0.2) is 4.79 Å². The average molecular weight is 348 g/mol. The van der Waals surface area contributed by atoms with Crippen molar-refractivity contribution in [2.24, 2.45) is 0 Å². The van der Waals surface area contributed by atoms with Gasteiger partial charge >= 0.3 is 12.1 Å². The number of imidazole rings is 1. The fourth-order valence-corrected chi connectivity index (χ4v) is 2.28. The summed E-state index contributed by atoms with van der Waals surface area (Å²) in [4.78, 5) is 28.5. The van der Waals surface area contributed by atoms with Gasteiger partial charge in [0.15, 0.2) is 5.78 Å². The lowest BCUT2D eigenvalue weighted by Crippen LogP contribution is -2.17. The van der Waals surface area contributed by atoms with Crippen molar-refractivity contribution in [1.29, 1.82) is 0 Å². The number of benzene rings is 2. The van der Waals surface area contributed by atoms with Crippen LogP contribution in [0.15, 0.2) is 53.3 Å². The van der Waals surface area contributed by atoms with Crippen LogP contribution in [0, 0.1) is 0 Å². The van der Waals surface area contributed by atoms with Crippen LogP contribution in [0.4, 0.5) is 13.2 Å². The van der Waals surface area contributed by atoms with Gasteiger partial charge in [-0.1, -0.05) is 18.2 Å². The van der Waals surface area contributed by atoms with Gasteiger partial charge in [-0.05, 0) is 36.4 Å². The predicted octanol–water partition coefficient (Wildman–Crippen LogP) is 3.65. The summed E-state index contributed by atoms with van der Waals surface area (Å²) in [6, 6.07) is 10.1. The Morgan fingerprint density at radius 1 is 1.04 bits per heavy atom. The zero-order valence-electron chi connectivity index (χ0n) is 12.6. The summed E-state index contributed by atoms with van der Waals surface area (Å²) in [7, 11) is 0. The number of aromatic nitrogens is 2. The number of fused-ring (bicyclic) bond motifs is 1. The molecule has 0 radical (unpaired) electrons. The van der Waals surface area contributed by atoms with Crippen molar-refractivity contribution < 1.29 is 22.7 Å². The summed E-state index contributed by atoms with van der Waals surface area (Å²) in [5.74, 6) is -0.824. The number of hydrogen-bond acceptors (Lipinski definition) is 3. The van der Waals surface area contributed by atoms with E-state index in [0.717, 1.165) is 12.1 Å². The Morgan fingerprint density at radius 3 is 2.52 bits per heavy atom. The highest BCUT2D eigenvalue weighted by molar-refractivity contribution is 6.08. The maximum Gasteiger partial charge on any atom is 0.573 e. The van der Waals surface area contributed by atoms with E-state index >= 15 is 0 Å². The van der Waals surface area contributed by atoms with Crippen LogP contribution in [0.2, 0.25) is 0 Å². The van der Waals surface area contributed by atoms with Crippen molar-refractivity contribution in [3.8, 4) is 5.75 Å². The number of carbonyl (C=O) groups excluding carboxylic acids is 1. The highest BCUT2D eigenvalue weighted by Crippen LogP contribution is 2.27. The number of aromatic amines is 2. The van der Waals surface area contributed by atoms with E-state index in [4.69, 9.17) is 0 Å². The highest BCUT2D eigenvalue weighted by atomic mass is 19.4. The molecule has 0 aliphatic carbocycles. The van der Waals surface area contributed by atoms with Gasteiger partial charge in [0, 0.05) is 11.1 Å². The molecular formula is C17H11F3N2O3. The second-order valence-electron chi connectivity index (χ2n) is 5.12. The van der Waals surface area contributed by atoms with Crippen molar-refractivity contribution >= 4 is 22.9 Å². The molecule has 0 atom stereocenters. The molecule has 0 amide bonds. The van der Waals surface area contributed by atoms with Gasteiger partial charge in [-0.2, -0.15) is 0 Å². The maximum absolute atomic E-state index is 12.4. The minimum atomic E-state index is -4.82. The minimum Gasteiger partial charge on any atom is -0.405 e. The molecule has 8 heteroatoms. The number of hydrogen-bond donors (Lipinski definition) is 2. The van der Waals surface area contributed by atoms with E-state index in [1.54, 1.807) is 6.07 Å². The Bertz CT molecular complexity index is 1020. The van der Waals surface area contributed by atoms with Crippen LogP contribution < -0.4 is 10.4 Å². The number of H-pyrrole nitrogens is 2. The Balaban J connectivity index is 1.85. The number of allylic oxidation sites excluding steroid dienone is 1. The molecule has 0 saturated carbocycles. The molecule has 0 saturated heterocycles. The Morgan fingerprint density at radius 2 is 1.76 bits per heavy atom. The molecular weight excluding hydrogens is 337 g/mol. The number of ether oxygens (including phenoxy) is 1. The van der Waals surface area contributed by atoms with Gasteiger partial charge in [-0.15, -0.1) is 13.2 Å². The molecule has 5 nitrogen and oxygen atoms in total. The van der Waals surface area contributed by atoms with Crippen LogP contribution >= 0.6 is 0 Å². The number of rotatable bonds is 4. The summed E-state index contributed by atoms with van der Waals surface area (Å²) in [5.41, 5.74) is 1.02. The summed E-state index contributed by atoms with van der Waals surface area (Å²) in [5, 5.41) is 0. The number of para-hydroxylation sites is 1. The molecule has 25 heavy (non-hydrogen) atoms. The monoisotopic (exact) mass is 348 g/mol.